The Morgan fingerprint density at radius 3 is 3.00 bits per heavy atom. The second-order valence-corrected chi connectivity index (χ2v) is 2.23. The number of aromatic nitrogens is 1. The van der Waals surface area contributed by atoms with Gasteiger partial charge >= 0.3 is 0 Å². The van der Waals surface area contributed by atoms with Crippen LogP contribution < -0.4 is 5.32 Å². The molecule has 9 heavy (non-hydrogen) atoms. The molecule has 4 heteroatoms. The van der Waals surface area contributed by atoms with Crippen LogP contribution in [0.1, 0.15) is 5.69 Å². The molecule has 0 unspecified atom stereocenters. The normalized spacial score (nSPS) is 8.56. The highest BCUT2D eigenvalue weighted by atomic mass is 35.5. The highest BCUT2D eigenvalue weighted by Crippen LogP contribution is 1.98. The van der Waals surface area contributed by atoms with E-state index in [2.05, 4.69) is 10.3 Å². The highest BCUT2D eigenvalue weighted by Gasteiger charge is 1.87. The lowest BCUT2D eigenvalue weighted by molar-refractivity contribution is 0.797. The fourth-order valence-electron chi connectivity index (χ4n) is 0.506. The van der Waals surface area contributed by atoms with Crippen molar-refractivity contribution in [1.29, 1.82) is 0 Å². The molecular formula is C5H9ClN2S. The summed E-state index contributed by atoms with van der Waals surface area (Å²) in [6.07, 6.45) is 0. The van der Waals surface area contributed by atoms with Crippen LogP contribution in [0.25, 0.3) is 0 Å². The molecule has 0 saturated heterocycles. The van der Waals surface area contributed by atoms with Gasteiger partial charge in [0.05, 0.1) is 11.2 Å². The summed E-state index contributed by atoms with van der Waals surface area (Å²) in [6.45, 7) is 0.878. The second kappa shape index (κ2) is 4.73. The summed E-state index contributed by atoms with van der Waals surface area (Å²) in [5, 5.41) is 5.05. The minimum atomic E-state index is 0. The van der Waals surface area contributed by atoms with E-state index < -0.39 is 0 Å². The summed E-state index contributed by atoms with van der Waals surface area (Å²) in [4.78, 5) is 4.06. The third-order valence-electron chi connectivity index (χ3n) is 0.841. The number of rotatable bonds is 2. The van der Waals surface area contributed by atoms with Crippen molar-refractivity contribution in [3.8, 4) is 0 Å². The molecule has 1 rings (SSSR count). The maximum absolute atomic E-state index is 4.06. The van der Waals surface area contributed by atoms with Crippen LogP contribution in [0.5, 0.6) is 0 Å². The number of halogens is 1. The Kier molecular flexibility index (Phi) is 4.67. The molecule has 1 aromatic rings. The lowest BCUT2D eigenvalue weighted by Crippen LogP contribution is -2.04. The van der Waals surface area contributed by atoms with E-state index in [1.165, 1.54) is 0 Å². The summed E-state index contributed by atoms with van der Waals surface area (Å²) < 4.78 is 0. The quantitative estimate of drug-likeness (QED) is 0.713. The molecule has 0 bridgehead atoms. The average molecular weight is 165 g/mol. The Morgan fingerprint density at radius 2 is 2.56 bits per heavy atom. The topological polar surface area (TPSA) is 24.9 Å². The minimum absolute atomic E-state index is 0. The number of hydrogen-bond acceptors (Lipinski definition) is 3. The summed E-state index contributed by atoms with van der Waals surface area (Å²) in [6, 6.07) is 0. The van der Waals surface area contributed by atoms with Crippen molar-refractivity contribution in [2.75, 3.05) is 7.05 Å². The first-order valence-corrected chi connectivity index (χ1v) is 3.39. The maximum Gasteiger partial charge on any atom is 0.0795 e. The lowest BCUT2D eigenvalue weighted by Gasteiger charge is -1.88. The van der Waals surface area contributed by atoms with E-state index >= 15 is 0 Å². The largest absolute Gasteiger partial charge is 0.314 e. The van der Waals surface area contributed by atoms with E-state index in [1.807, 2.05) is 17.9 Å². The third kappa shape index (κ3) is 2.79. The zero-order valence-electron chi connectivity index (χ0n) is 5.13. The molecule has 0 aliphatic carbocycles. The van der Waals surface area contributed by atoms with Gasteiger partial charge in [0.2, 0.25) is 0 Å². The zero-order valence-corrected chi connectivity index (χ0v) is 6.76. The number of thiazole rings is 1. The van der Waals surface area contributed by atoms with Crippen LogP contribution in [0, 0.1) is 0 Å². The van der Waals surface area contributed by atoms with Gasteiger partial charge in [-0.2, -0.15) is 0 Å². The lowest BCUT2D eigenvalue weighted by atomic mass is 10.5. The van der Waals surface area contributed by atoms with Gasteiger partial charge in [0, 0.05) is 11.9 Å². The van der Waals surface area contributed by atoms with Gasteiger partial charge in [-0.25, -0.2) is 4.98 Å². The molecule has 0 aliphatic heterocycles. The van der Waals surface area contributed by atoms with Gasteiger partial charge in [-0.1, -0.05) is 0 Å². The van der Waals surface area contributed by atoms with Crippen LogP contribution in [0.2, 0.25) is 0 Å². The van der Waals surface area contributed by atoms with Crippen LogP contribution in [-0.4, -0.2) is 12.0 Å². The first-order valence-electron chi connectivity index (χ1n) is 2.45. The molecule has 1 heterocycles. The van der Waals surface area contributed by atoms with Crippen molar-refractivity contribution in [3.63, 3.8) is 0 Å². The first kappa shape index (κ1) is 8.88. The Bertz CT molecular complexity index is 141. The fourth-order valence-corrected chi connectivity index (χ4v) is 1.06. The molecule has 1 N–H and O–H groups in total. The summed E-state index contributed by atoms with van der Waals surface area (Å²) in [5.41, 5.74) is 2.96. The van der Waals surface area contributed by atoms with E-state index in [0.29, 0.717) is 0 Å². The molecule has 1 aromatic heterocycles. The van der Waals surface area contributed by atoms with Gasteiger partial charge < -0.3 is 5.32 Å². The van der Waals surface area contributed by atoms with Crippen molar-refractivity contribution in [3.05, 3.63) is 16.6 Å². The average Bonchev–Trinajstić information content (AvgIpc) is 2.19. The molecule has 0 atom stereocenters. The molecule has 0 radical (unpaired) electrons. The Hall–Kier alpha value is -0.120. The van der Waals surface area contributed by atoms with Crippen LogP contribution in [-0.2, 0) is 6.54 Å². The van der Waals surface area contributed by atoms with E-state index in [0.717, 1.165) is 12.2 Å². The van der Waals surface area contributed by atoms with Gasteiger partial charge in [-0.3, -0.25) is 0 Å². The van der Waals surface area contributed by atoms with Crippen LogP contribution in [0.15, 0.2) is 10.9 Å². The number of nitrogens with one attached hydrogen (secondary N) is 1. The Morgan fingerprint density at radius 1 is 1.78 bits per heavy atom. The van der Waals surface area contributed by atoms with E-state index in [1.54, 1.807) is 11.3 Å². The third-order valence-corrected chi connectivity index (χ3v) is 1.48. The van der Waals surface area contributed by atoms with Gasteiger partial charge in [0.1, 0.15) is 0 Å². The van der Waals surface area contributed by atoms with Crippen molar-refractivity contribution >= 4 is 23.7 Å². The van der Waals surface area contributed by atoms with Crippen molar-refractivity contribution in [2.24, 2.45) is 0 Å². The predicted molar refractivity (Wildman–Crippen MR) is 42.1 cm³/mol. The standard InChI is InChI=1S/C5H8N2S.ClH/c1-6-2-5-3-8-4-7-5;/h3-4,6H,2H2,1H3;1H. The molecule has 0 amide bonds. The second-order valence-electron chi connectivity index (χ2n) is 1.51. The van der Waals surface area contributed by atoms with Crippen molar-refractivity contribution in [1.82, 2.24) is 10.3 Å². The zero-order chi connectivity index (χ0) is 5.82. The van der Waals surface area contributed by atoms with Crippen LogP contribution in [0.3, 0.4) is 0 Å². The van der Waals surface area contributed by atoms with Crippen molar-refractivity contribution in [2.45, 2.75) is 6.54 Å². The molecule has 0 fully saturated rings. The highest BCUT2D eigenvalue weighted by molar-refractivity contribution is 7.07. The monoisotopic (exact) mass is 164 g/mol. The van der Waals surface area contributed by atoms with Gasteiger partial charge in [0.25, 0.3) is 0 Å². The van der Waals surface area contributed by atoms with Crippen LogP contribution in [0.4, 0.5) is 0 Å². The molecular weight excluding hydrogens is 156 g/mol. The van der Waals surface area contributed by atoms with E-state index in [4.69, 9.17) is 0 Å². The first-order chi connectivity index (χ1) is 3.93. The molecule has 0 saturated carbocycles. The maximum atomic E-state index is 4.06. The Labute approximate surface area is 64.7 Å². The molecule has 2 nitrogen and oxygen atoms in total. The van der Waals surface area contributed by atoms with E-state index in [9.17, 15) is 0 Å². The molecule has 0 aromatic carbocycles. The number of hydrogen-bond donors (Lipinski definition) is 1. The predicted octanol–water partition coefficient (Wildman–Crippen LogP) is 1.28. The Balaban J connectivity index is 0.000000640. The summed E-state index contributed by atoms with van der Waals surface area (Å²) in [5.74, 6) is 0. The smallest absolute Gasteiger partial charge is 0.0795 e. The van der Waals surface area contributed by atoms with E-state index in [-0.39, 0.29) is 12.4 Å². The SMILES string of the molecule is CNCc1cscn1.Cl. The fraction of sp³-hybridized carbons (Fsp3) is 0.400. The molecule has 0 spiro atoms. The van der Waals surface area contributed by atoms with Gasteiger partial charge in [-0.05, 0) is 7.05 Å². The summed E-state index contributed by atoms with van der Waals surface area (Å²) in [7, 11) is 1.92. The van der Waals surface area contributed by atoms with Gasteiger partial charge in [-0.15, -0.1) is 23.7 Å². The van der Waals surface area contributed by atoms with Crippen LogP contribution >= 0.6 is 23.7 Å². The minimum Gasteiger partial charge on any atom is -0.314 e. The molecule has 52 valence electrons. The van der Waals surface area contributed by atoms with Gasteiger partial charge in [0.15, 0.2) is 0 Å². The van der Waals surface area contributed by atoms with Crippen molar-refractivity contribution < 1.29 is 0 Å². The molecule has 0 aliphatic rings. The number of nitrogens with zero attached hydrogens (tertiary/aromatic N) is 1. The summed E-state index contributed by atoms with van der Waals surface area (Å²) >= 11 is 1.63.